The van der Waals surface area contributed by atoms with E-state index in [0.29, 0.717) is 6.42 Å². The third-order valence-electron chi connectivity index (χ3n) is 2.74. The largest absolute Gasteiger partial charge is 0.512 e. The summed E-state index contributed by atoms with van der Waals surface area (Å²) in [5, 5.41) is 19.5. The van der Waals surface area contributed by atoms with Crippen LogP contribution >= 0.6 is 15.9 Å². The quantitative estimate of drug-likeness (QED) is 0.875. The molecule has 2 nitrogen and oxygen atoms in total. The monoisotopic (exact) mass is 280 g/mol. The lowest BCUT2D eigenvalue weighted by atomic mass is 9.89. The molecule has 84 valence electrons. The Labute approximate surface area is 103 Å². The molecule has 2 unspecified atom stereocenters. The summed E-state index contributed by atoms with van der Waals surface area (Å²) in [6.07, 6.45) is 5.05. The van der Waals surface area contributed by atoms with E-state index in [2.05, 4.69) is 15.9 Å². The third kappa shape index (κ3) is 2.54. The van der Waals surface area contributed by atoms with Crippen LogP contribution in [0.5, 0.6) is 0 Å². The minimum absolute atomic E-state index is 0.230. The Bertz CT molecular complexity index is 420. The molecule has 0 radical (unpaired) electrons. The van der Waals surface area contributed by atoms with Gasteiger partial charge in [0.2, 0.25) is 0 Å². The van der Waals surface area contributed by atoms with Crippen LogP contribution in [0.2, 0.25) is 0 Å². The lowest BCUT2D eigenvalue weighted by molar-refractivity contribution is 0.138. The van der Waals surface area contributed by atoms with Crippen molar-refractivity contribution in [2.75, 3.05) is 0 Å². The van der Waals surface area contributed by atoms with Crippen LogP contribution in [-0.4, -0.2) is 16.3 Å². The molecule has 1 aliphatic rings. The van der Waals surface area contributed by atoms with Gasteiger partial charge in [-0.05, 0) is 30.2 Å². The molecule has 0 fully saturated rings. The fourth-order valence-corrected chi connectivity index (χ4v) is 2.06. The van der Waals surface area contributed by atoms with E-state index in [1.54, 1.807) is 18.2 Å². The minimum Gasteiger partial charge on any atom is -0.512 e. The molecular formula is C13H13BrO2. The third-order valence-corrected chi connectivity index (χ3v) is 3.26. The van der Waals surface area contributed by atoms with E-state index < -0.39 is 6.10 Å². The summed E-state index contributed by atoms with van der Waals surface area (Å²) in [5.41, 5.74) is 1.10. The number of aliphatic hydroxyl groups is 2. The van der Waals surface area contributed by atoms with E-state index in [0.717, 1.165) is 10.0 Å². The number of halogens is 1. The molecule has 2 atom stereocenters. The van der Waals surface area contributed by atoms with Crippen LogP contribution in [0.15, 0.2) is 52.7 Å². The zero-order chi connectivity index (χ0) is 11.5. The van der Waals surface area contributed by atoms with Gasteiger partial charge in [-0.15, -0.1) is 0 Å². The van der Waals surface area contributed by atoms with Gasteiger partial charge in [0.1, 0.15) is 0 Å². The topological polar surface area (TPSA) is 40.5 Å². The van der Waals surface area contributed by atoms with Gasteiger partial charge in [0.25, 0.3) is 0 Å². The summed E-state index contributed by atoms with van der Waals surface area (Å²) in [6, 6.07) is 7.90. The van der Waals surface area contributed by atoms with Gasteiger partial charge in [0.15, 0.2) is 0 Å². The average molecular weight is 281 g/mol. The van der Waals surface area contributed by atoms with Crippen LogP contribution in [0.25, 0.3) is 0 Å². The maximum Gasteiger partial charge on any atom is 0.0985 e. The van der Waals surface area contributed by atoms with Crippen LogP contribution in [-0.2, 0) is 6.42 Å². The first-order valence-corrected chi connectivity index (χ1v) is 5.96. The number of benzene rings is 1. The summed E-state index contributed by atoms with van der Waals surface area (Å²) in [5.74, 6) is 0.0177. The molecular weight excluding hydrogens is 268 g/mol. The molecule has 0 bridgehead atoms. The van der Waals surface area contributed by atoms with Gasteiger partial charge in [0, 0.05) is 10.4 Å². The number of aliphatic hydroxyl groups excluding tert-OH is 2. The van der Waals surface area contributed by atoms with Crippen molar-refractivity contribution in [1.29, 1.82) is 0 Å². The summed E-state index contributed by atoms with van der Waals surface area (Å²) in [7, 11) is 0. The highest BCUT2D eigenvalue weighted by Gasteiger charge is 2.23. The van der Waals surface area contributed by atoms with Gasteiger partial charge >= 0.3 is 0 Å². The number of allylic oxidation sites excluding steroid dienone is 2. The fraction of sp³-hybridized carbons (Fsp3) is 0.231. The number of hydrogen-bond acceptors (Lipinski definition) is 2. The molecule has 0 saturated heterocycles. The molecule has 1 aromatic rings. The smallest absolute Gasteiger partial charge is 0.0985 e. The van der Waals surface area contributed by atoms with Crippen LogP contribution in [0.3, 0.4) is 0 Å². The predicted molar refractivity (Wildman–Crippen MR) is 67.2 cm³/mol. The summed E-state index contributed by atoms with van der Waals surface area (Å²) < 4.78 is 1.03. The molecule has 0 saturated carbocycles. The SMILES string of the molecule is OC1=CC=CC(O)C1Cc1ccc(Br)cc1. The molecule has 0 amide bonds. The van der Waals surface area contributed by atoms with Gasteiger partial charge in [-0.25, -0.2) is 0 Å². The lowest BCUT2D eigenvalue weighted by Crippen LogP contribution is -2.24. The molecule has 2 rings (SSSR count). The fourth-order valence-electron chi connectivity index (χ4n) is 1.80. The van der Waals surface area contributed by atoms with Crippen molar-refractivity contribution < 1.29 is 10.2 Å². The second-order valence-corrected chi connectivity index (χ2v) is 4.82. The van der Waals surface area contributed by atoms with E-state index in [-0.39, 0.29) is 11.7 Å². The highest BCUT2D eigenvalue weighted by Crippen LogP contribution is 2.24. The van der Waals surface area contributed by atoms with Crippen molar-refractivity contribution in [3.05, 3.63) is 58.3 Å². The molecule has 0 aromatic heterocycles. The molecule has 1 aliphatic carbocycles. The molecule has 1 aromatic carbocycles. The molecule has 0 heterocycles. The Morgan fingerprint density at radius 1 is 1.19 bits per heavy atom. The maximum absolute atomic E-state index is 9.76. The van der Waals surface area contributed by atoms with Gasteiger partial charge in [-0.2, -0.15) is 0 Å². The highest BCUT2D eigenvalue weighted by molar-refractivity contribution is 9.10. The van der Waals surface area contributed by atoms with Gasteiger partial charge < -0.3 is 10.2 Å². The van der Waals surface area contributed by atoms with E-state index in [1.165, 1.54) is 0 Å². The summed E-state index contributed by atoms with van der Waals surface area (Å²) in [6.45, 7) is 0. The second-order valence-electron chi connectivity index (χ2n) is 3.90. The van der Waals surface area contributed by atoms with E-state index >= 15 is 0 Å². The first-order chi connectivity index (χ1) is 7.66. The molecule has 2 N–H and O–H groups in total. The molecule has 0 spiro atoms. The van der Waals surface area contributed by atoms with Crippen LogP contribution < -0.4 is 0 Å². The van der Waals surface area contributed by atoms with E-state index in [1.807, 2.05) is 24.3 Å². The Morgan fingerprint density at radius 2 is 1.88 bits per heavy atom. The number of hydrogen-bond donors (Lipinski definition) is 2. The first kappa shape index (κ1) is 11.4. The summed E-state index contributed by atoms with van der Waals surface area (Å²) in [4.78, 5) is 0. The predicted octanol–water partition coefficient (Wildman–Crippen LogP) is 2.98. The van der Waals surface area contributed by atoms with Crippen molar-refractivity contribution in [2.24, 2.45) is 5.92 Å². The number of rotatable bonds is 2. The van der Waals surface area contributed by atoms with Crippen molar-refractivity contribution in [3.8, 4) is 0 Å². The summed E-state index contributed by atoms with van der Waals surface area (Å²) >= 11 is 3.37. The van der Waals surface area contributed by atoms with Gasteiger partial charge in [0.05, 0.1) is 11.9 Å². The molecule has 0 aliphatic heterocycles. The van der Waals surface area contributed by atoms with Crippen molar-refractivity contribution >= 4 is 15.9 Å². The van der Waals surface area contributed by atoms with E-state index in [9.17, 15) is 10.2 Å². The normalized spacial score (nSPS) is 24.2. The van der Waals surface area contributed by atoms with E-state index in [4.69, 9.17) is 0 Å². The minimum atomic E-state index is -0.603. The van der Waals surface area contributed by atoms with Crippen molar-refractivity contribution in [2.45, 2.75) is 12.5 Å². The second kappa shape index (κ2) is 4.85. The zero-order valence-corrected chi connectivity index (χ0v) is 10.3. The van der Waals surface area contributed by atoms with Crippen LogP contribution in [0.4, 0.5) is 0 Å². The standard InChI is InChI=1S/C13H13BrO2/c14-10-6-4-9(5-7-10)8-11-12(15)2-1-3-13(11)16/h1-7,11-12,15-16H,8H2. The van der Waals surface area contributed by atoms with Gasteiger partial charge in [-0.1, -0.05) is 40.2 Å². The van der Waals surface area contributed by atoms with Crippen molar-refractivity contribution in [1.82, 2.24) is 0 Å². The lowest BCUT2D eigenvalue weighted by Gasteiger charge is -2.22. The first-order valence-electron chi connectivity index (χ1n) is 5.16. The van der Waals surface area contributed by atoms with Crippen LogP contribution in [0.1, 0.15) is 5.56 Å². The Balaban J connectivity index is 2.12. The molecule has 3 heteroatoms. The zero-order valence-electron chi connectivity index (χ0n) is 8.68. The Morgan fingerprint density at radius 3 is 2.50 bits per heavy atom. The molecule has 16 heavy (non-hydrogen) atoms. The Hall–Kier alpha value is -1.06. The average Bonchev–Trinajstić information content (AvgIpc) is 2.26. The maximum atomic E-state index is 9.76. The van der Waals surface area contributed by atoms with Crippen molar-refractivity contribution in [3.63, 3.8) is 0 Å². The van der Waals surface area contributed by atoms with Crippen LogP contribution in [0, 0.1) is 5.92 Å². The Kier molecular flexibility index (Phi) is 3.46. The highest BCUT2D eigenvalue weighted by atomic mass is 79.9. The van der Waals surface area contributed by atoms with Gasteiger partial charge in [-0.3, -0.25) is 0 Å².